The minimum Gasteiger partial charge on any atom is -0.221 e. The van der Waals surface area contributed by atoms with Crippen molar-refractivity contribution < 1.29 is 13.2 Å². The van der Waals surface area contributed by atoms with Gasteiger partial charge in [0.1, 0.15) is 0 Å². The molecule has 0 aliphatic heterocycles. The van der Waals surface area contributed by atoms with Crippen LogP contribution in [0.4, 0.5) is 13.2 Å². The second kappa shape index (κ2) is 7.39. The first-order valence-corrected chi connectivity index (χ1v) is 8.59. The Morgan fingerprint density at radius 3 is 1.86 bits per heavy atom. The molecule has 9 heteroatoms. The van der Waals surface area contributed by atoms with Gasteiger partial charge in [0, 0.05) is 6.20 Å². The summed E-state index contributed by atoms with van der Waals surface area (Å²) in [5, 5.41) is 7.50. The molecule has 0 aliphatic rings. The quantitative estimate of drug-likeness (QED) is 0.206. The lowest BCUT2D eigenvalue weighted by atomic mass is 10.3. The van der Waals surface area contributed by atoms with Gasteiger partial charge in [-0.15, -0.1) is 5.10 Å². The summed E-state index contributed by atoms with van der Waals surface area (Å²) in [7, 11) is 0. The van der Waals surface area contributed by atoms with Gasteiger partial charge in [0.05, 0.1) is 22.4 Å². The Morgan fingerprint density at radius 2 is 1.38 bits per heavy atom. The number of hydrogen-bond acceptors (Lipinski definition) is 2. The van der Waals surface area contributed by atoms with Crippen LogP contribution in [-0.4, -0.2) is 14.8 Å². The molecule has 0 radical (unpaired) electrons. The number of benzene rings is 1. The molecule has 0 bridgehead atoms. The van der Waals surface area contributed by atoms with Crippen LogP contribution in [0, 0.1) is 28.2 Å². The van der Waals surface area contributed by atoms with Gasteiger partial charge in [-0.2, -0.15) is 0 Å². The molecule has 0 atom stereocenters. The summed E-state index contributed by atoms with van der Waals surface area (Å²) < 4.78 is 40.0. The normalized spacial score (nSPS) is 10.4. The van der Waals surface area contributed by atoms with Crippen molar-refractivity contribution >= 4 is 73.3 Å². The van der Waals surface area contributed by atoms with Crippen molar-refractivity contribution in [3.63, 3.8) is 0 Å². The highest BCUT2D eigenvalue weighted by molar-refractivity contribution is 14.1. The first kappa shape index (κ1) is 17.2. The SMILES string of the molecule is Fc1c(I)c(F)c(I)c(F)c1I.c1ccn2nncc2c1. The van der Waals surface area contributed by atoms with Crippen LogP contribution in [0.2, 0.25) is 0 Å². The van der Waals surface area contributed by atoms with E-state index in [9.17, 15) is 13.2 Å². The monoisotopic (exact) mass is 629 g/mol. The summed E-state index contributed by atoms with van der Waals surface area (Å²) in [5.74, 6) is -2.48. The number of hydrogen-bond donors (Lipinski definition) is 0. The van der Waals surface area contributed by atoms with Crippen molar-refractivity contribution in [3.8, 4) is 0 Å². The molecular formula is C12H5F3I3N3. The maximum absolute atomic E-state index is 12.9. The van der Waals surface area contributed by atoms with Crippen LogP contribution in [-0.2, 0) is 0 Å². The average Bonchev–Trinajstić information content (AvgIpc) is 2.98. The third-order valence-corrected chi connectivity index (χ3v) is 5.21. The predicted octanol–water partition coefficient (Wildman–Crippen LogP) is 4.65. The lowest BCUT2D eigenvalue weighted by Gasteiger charge is -2.03. The number of halogens is 6. The van der Waals surface area contributed by atoms with E-state index in [-0.39, 0.29) is 10.7 Å². The van der Waals surface area contributed by atoms with Crippen LogP contribution in [0.1, 0.15) is 0 Å². The second-order valence-electron chi connectivity index (χ2n) is 3.69. The topological polar surface area (TPSA) is 30.2 Å². The molecule has 0 N–H and O–H groups in total. The fourth-order valence-corrected chi connectivity index (χ4v) is 4.52. The molecule has 0 aliphatic carbocycles. The molecule has 110 valence electrons. The Hall–Kier alpha value is -0.180. The summed E-state index contributed by atoms with van der Waals surface area (Å²) in [6.45, 7) is 0. The fraction of sp³-hybridized carbons (Fsp3) is 0. The van der Waals surface area contributed by atoms with Gasteiger partial charge in [0.15, 0.2) is 17.5 Å². The summed E-state index contributed by atoms with van der Waals surface area (Å²) in [4.78, 5) is 0. The molecule has 2 heterocycles. The number of rotatable bonds is 0. The highest BCUT2D eigenvalue weighted by Gasteiger charge is 2.20. The Bertz CT molecular complexity index is 657. The van der Waals surface area contributed by atoms with Gasteiger partial charge in [-0.25, -0.2) is 17.7 Å². The minimum absolute atomic E-state index is 0.164. The summed E-state index contributed by atoms with van der Waals surface area (Å²) in [6, 6.07) is 5.83. The largest absolute Gasteiger partial charge is 0.221 e. The first-order valence-electron chi connectivity index (χ1n) is 5.35. The standard InChI is InChI=1S/C6F3I3.C6H5N3/c7-1-4(10)2(8)6(12)3(9)5(1)11;1-2-4-9-6(3-1)5-7-8-9/h;1-5H. The Morgan fingerprint density at radius 1 is 0.857 bits per heavy atom. The van der Waals surface area contributed by atoms with E-state index in [4.69, 9.17) is 0 Å². The third-order valence-electron chi connectivity index (χ3n) is 2.36. The lowest BCUT2D eigenvalue weighted by molar-refractivity contribution is 0.515. The minimum atomic E-state index is -0.827. The van der Waals surface area contributed by atoms with Gasteiger partial charge in [-0.05, 0) is 79.9 Å². The molecule has 0 fully saturated rings. The van der Waals surface area contributed by atoms with Gasteiger partial charge in [0.25, 0.3) is 0 Å². The molecule has 0 saturated heterocycles. The Kier molecular flexibility index (Phi) is 6.05. The Balaban J connectivity index is 0.000000159. The highest BCUT2D eigenvalue weighted by atomic mass is 127. The highest BCUT2D eigenvalue weighted by Crippen LogP contribution is 2.28. The number of fused-ring (bicyclic) bond motifs is 1. The average molecular weight is 629 g/mol. The van der Waals surface area contributed by atoms with Crippen LogP contribution in [0.25, 0.3) is 5.52 Å². The smallest absolute Gasteiger partial charge is 0.155 e. The van der Waals surface area contributed by atoms with E-state index >= 15 is 0 Å². The van der Waals surface area contributed by atoms with Crippen molar-refractivity contribution in [2.75, 3.05) is 0 Å². The van der Waals surface area contributed by atoms with E-state index in [0.717, 1.165) is 5.52 Å². The fourth-order valence-electron chi connectivity index (χ4n) is 1.35. The van der Waals surface area contributed by atoms with E-state index in [1.54, 1.807) is 10.7 Å². The zero-order valence-electron chi connectivity index (χ0n) is 10.00. The van der Waals surface area contributed by atoms with Crippen molar-refractivity contribution in [2.45, 2.75) is 0 Å². The van der Waals surface area contributed by atoms with Gasteiger partial charge in [0.2, 0.25) is 0 Å². The third kappa shape index (κ3) is 3.78. The van der Waals surface area contributed by atoms with Crippen LogP contribution in [0.5, 0.6) is 0 Å². The zero-order chi connectivity index (χ0) is 15.6. The van der Waals surface area contributed by atoms with Gasteiger partial charge >= 0.3 is 0 Å². The summed E-state index contributed by atoms with van der Waals surface area (Å²) in [6.07, 6.45) is 3.59. The van der Waals surface area contributed by atoms with Gasteiger partial charge < -0.3 is 0 Å². The molecular weight excluding hydrogens is 624 g/mol. The van der Waals surface area contributed by atoms with Crippen LogP contribution in [0.3, 0.4) is 0 Å². The second-order valence-corrected chi connectivity index (χ2v) is 6.92. The molecule has 0 unspecified atom stereocenters. The van der Waals surface area contributed by atoms with Crippen LogP contribution >= 0.6 is 67.8 Å². The lowest BCUT2D eigenvalue weighted by Crippen LogP contribution is -2.01. The molecule has 0 saturated carbocycles. The molecule has 0 spiro atoms. The van der Waals surface area contributed by atoms with Crippen molar-refractivity contribution in [2.24, 2.45) is 0 Å². The molecule has 21 heavy (non-hydrogen) atoms. The number of aromatic nitrogens is 3. The Labute approximate surface area is 158 Å². The first-order chi connectivity index (χ1) is 9.93. The summed E-state index contributed by atoms with van der Waals surface area (Å²) in [5.41, 5.74) is 1.03. The van der Waals surface area contributed by atoms with Crippen LogP contribution < -0.4 is 0 Å². The van der Waals surface area contributed by atoms with E-state index in [0.29, 0.717) is 0 Å². The van der Waals surface area contributed by atoms with Gasteiger partial charge in [-0.3, -0.25) is 0 Å². The predicted molar refractivity (Wildman–Crippen MR) is 97.5 cm³/mol. The molecule has 3 nitrogen and oxygen atoms in total. The number of nitrogens with zero attached hydrogens (tertiary/aromatic N) is 3. The number of pyridine rings is 1. The van der Waals surface area contributed by atoms with Gasteiger partial charge in [-0.1, -0.05) is 11.3 Å². The maximum atomic E-state index is 12.9. The molecule has 3 aromatic rings. The van der Waals surface area contributed by atoms with E-state index in [1.165, 1.54) is 67.8 Å². The van der Waals surface area contributed by atoms with E-state index in [2.05, 4.69) is 10.3 Å². The summed E-state index contributed by atoms with van der Waals surface area (Å²) >= 11 is 4.53. The van der Waals surface area contributed by atoms with Crippen molar-refractivity contribution in [1.29, 1.82) is 0 Å². The molecule has 0 amide bonds. The van der Waals surface area contributed by atoms with E-state index in [1.807, 2.05) is 24.4 Å². The molecule has 2 aromatic heterocycles. The molecule has 3 rings (SSSR count). The maximum Gasteiger partial charge on any atom is 0.155 e. The van der Waals surface area contributed by atoms with Crippen molar-refractivity contribution in [3.05, 3.63) is 58.8 Å². The van der Waals surface area contributed by atoms with E-state index < -0.39 is 17.5 Å². The molecule has 1 aromatic carbocycles. The van der Waals surface area contributed by atoms with Crippen molar-refractivity contribution in [1.82, 2.24) is 14.8 Å². The zero-order valence-corrected chi connectivity index (χ0v) is 16.5. The van der Waals surface area contributed by atoms with Crippen LogP contribution in [0.15, 0.2) is 30.6 Å².